The quantitative estimate of drug-likeness (QED) is 0.888. The number of fused-ring (bicyclic) bond motifs is 2. The van der Waals surface area contributed by atoms with Crippen molar-refractivity contribution >= 4 is 5.96 Å². The Morgan fingerprint density at radius 2 is 2.29 bits per heavy atom. The fraction of sp³-hybridized carbons (Fsp3) is 0.562. The molecule has 0 amide bonds. The summed E-state index contributed by atoms with van der Waals surface area (Å²) in [6, 6.07) is 8.47. The van der Waals surface area contributed by atoms with Gasteiger partial charge in [-0.25, -0.2) is 0 Å². The molecule has 0 aliphatic carbocycles. The summed E-state index contributed by atoms with van der Waals surface area (Å²) in [7, 11) is 0. The minimum atomic E-state index is -0.245. The zero-order valence-electron chi connectivity index (χ0n) is 12.1. The highest BCUT2D eigenvalue weighted by molar-refractivity contribution is 5.81. The Morgan fingerprint density at radius 3 is 3.14 bits per heavy atom. The van der Waals surface area contributed by atoms with Gasteiger partial charge in [-0.2, -0.15) is 0 Å². The van der Waals surface area contributed by atoms with Crippen LogP contribution >= 0.6 is 0 Å². The van der Waals surface area contributed by atoms with Crippen LogP contribution in [0.2, 0.25) is 0 Å². The average Bonchev–Trinajstić information content (AvgIpc) is 3.13. The Bertz CT molecular complexity index is 568. The summed E-state index contributed by atoms with van der Waals surface area (Å²) in [5.41, 5.74) is 8.49. The van der Waals surface area contributed by atoms with Crippen LogP contribution in [0.15, 0.2) is 29.3 Å². The van der Waals surface area contributed by atoms with E-state index in [2.05, 4.69) is 34.2 Å². The molecule has 3 aliphatic heterocycles. The molecule has 2 N–H and O–H groups in total. The first-order valence-corrected chi connectivity index (χ1v) is 7.65. The first-order valence-electron chi connectivity index (χ1n) is 7.65. The maximum Gasteiger partial charge on any atom is 0.192 e. The van der Waals surface area contributed by atoms with Gasteiger partial charge in [0, 0.05) is 13.2 Å². The maximum atomic E-state index is 6.18. The SMILES string of the molecule is NC1=NCC2(COCc3ccccc32)N1CC1CCCO1. The molecule has 5 heteroatoms. The van der Waals surface area contributed by atoms with Gasteiger partial charge in [0.25, 0.3) is 0 Å². The predicted octanol–water partition coefficient (Wildman–Crippen LogP) is 1.22. The number of benzene rings is 1. The first kappa shape index (κ1) is 13.1. The number of ether oxygens (including phenoxy) is 2. The molecule has 3 aliphatic rings. The molecule has 1 aromatic carbocycles. The number of hydrogen-bond donors (Lipinski definition) is 1. The fourth-order valence-corrected chi connectivity index (χ4v) is 3.72. The molecule has 1 spiro atoms. The monoisotopic (exact) mass is 287 g/mol. The molecule has 21 heavy (non-hydrogen) atoms. The first-order chi connectivity index (χ1) is 10.3. The lowest BCUT2D eigenvalue weighted by Crippen LogP contribution is -2.56. The van der Waals surface area contributed by atoms with Gasteiger partial charge in [0.1, 0.15) is 5.54 Å². The van der Waals surface area contributed by atoms with Crippen LogP contribution in [0, 0.1) is 0 Å². The number of guanidine groups is 1. The molecule has 0 bridgehead atoms. The molecule has 1 fully saturated rings. The lowest BCUT2D eigenvalue weighted by molar-refractivity contribution is -0.0113. The summed E-state index contributed by atoms with van der Waals surface area (Å²) in [4.78, 5) is 6.73. The predicted molar refractivity (Wildman–Crippen MR) is 79.9 cm³/mol. The van der Waals surface area contributed by atoms with Crippen molar-refractivity contribution in [3.63, 3.8) is 0 Å². The summed E-state index contributed by atoms with van der Waals surface area (Å²) < 4.78 is 11.7. The van der Waals surface area contributed by atoms with E-state index in [1.54, 1.807) is 0 Å². The summed E-state index contributed by atoms with van der Waals surface area (Å²) in [6.07, 6.45) is 2.49. The molecule has 0 saturated carbocycles. The van der Waals surface area contributed by atoms with Gasteiger partial charge in [-0.15, -0.1) is 0 Å². The molecule has 4 rings (SSSR count). The Morgan fingerprint density at radius 1 is 1.38 bits per heavy atom. The molecule has 0 aromatic heterocycles. The minimum absolute atomic E-state index is 0.245. The van der Waals surface area contributed by atoms with E-state index in [-0.39, 0.29) is 11.6 Å². The van der Waals surface area contributed by atoms with Crippen LogP contribution in [0.1, 0.15) is 24.0 Å². The Labute approximate surface area is 124 Å². The van der Waals surface area contributed by atoms with Crippen LogP contribution in [0.5, 0.6) is 0 Å². The lowest BCUT2D eigenvalue weighted by Gasteiger charge is -2.43. The van der Waals surface area contributed by atoms with Gasteiger partial charge >= 0.3 is 0 Å². The van der Waals surface area contributed by atoms with E-state index in [1.165, 1.54) is 11.1 Å². The van der Waals surface area contributed by atoms with Crippen molar-refractivity contribution in [3.8, 4) is 0 Å². The summed E-state index contributed by atoms with van der Waals surface area (Å²) in [6.45, 7) is 3.64. The summed E-state index contributed by atoms with van der Waals surface area (Å²) in [5, 5.41) is 0. The second-order valence-corrected chi connectivity index (χ2v) is 6.10. The molecule has 3 heterocycles. The van der Waals surface area contributed by atoms with Gasteiger partial charge in [-0.1, -0.05) is 24.3 Å². The summed E-state index contributed by atoms with van der Waals surface area (Å²) >= 11 is 0. The Balaban J connectivity index is 1.69. The van der Waals surface area contributed by atoms with Gasteiger partial charge in [-0.05, 0) is 24.0 Å². The number of hydrogen-bond acceptors (Lipinski definition) is 5. The van der Waals surface area contributed by atoms with E-state index < -0.39 is 0 Å². The number of nitrogens with two attached hydrogens (primary N) is 1. The van der Waals surface area contributed by atoms with E-state index in [1.807, 2.05) is 0 Å². The highest BCUT2D eigenvalue weighted by atomic mass is 16.5. The fourth-order valence-electron chi connectivity index (χ4n) is 3.72. The molecule has 112 valence electrons. The van der Waals surface area contributed by atoms with Crippen LogP contribution in [0.3, 0.4) is 0 Å². The molecule has 5 nitrogen and oxygen atoms in total. The van der Waals surface area contributed by atoms with Crippen molar-refractivity contribution < 1.29 is 9.47 Å². The van der Waals surface area contributed by atoms with Crippen molar-refractivity contribution in [1.29, 1.82) is 0 Å². The van der Waals surface area contributed by atoms with E-state index in [9.17, 15) is 0 Å². The highest BCUT2D eigenvalue weighted by Crippen LogP contribution is 2.39. The van der Waals surface area contributed by atoms with Gasteiger partial charge < -0.3 is 20.1 Å². The van der Waals surface area contributed by atoms with Crippen LogP contribution in [0.4, 0.5) is 0 Å². The zero-order chi connectivity index (χ0) is 14.3. The molecule has 2 unspecified atom stereocenters. The molecule has 1 aromatic rings. The maximum absolute atomic E-state index is 6.18. The van der Waals surface area contributed by atoms with Gasteiger partial charge in [-0.3, -0.25) is 4.99 Å². The van der Waals surface area contributed by atoms with Gasteiger partial charge in [0.15, 0.2) is 5.96 Å². The zero-order valence-corrected chi connectivity index (χ0v) is 12.1. The molecular formula is C16H21N3O2. The van der Waals surface area contributed by atoms with E-state index in [0.29, 0.717) is 25.7 Å². The third-order valence-electron chi connectivity index (χ3n) is 4.82. The standard InChI is InChI=1S/C16H21N3O2/c17-15-18-10-16(19(15)8-13-5-3-7-21-13)11-20-9-12-4-1-2-6-14(12)16/h1-2,4,6,13H,3,5,7-11H2,(H2,17,18). The number of nitrogens with zero attached hydrogens (tertiary/aromatic N) is 2. The van der Waals surface area contributed by atoms with Crippen molar-refractivity contribution in [2.45, 2.75) is 31.1 Å². The molecule has 0 radical (unpaired) electrons. The van der Waals surface area contributed by atoms with Gasteiger partial charge in [0.2, 0.25) is 0 Å². The Hall–Kier alpha value is -1.59. The van der Waals surface area contributed by atoms with E-state index in [4.69, 9.17) is 15.2 Å². The van der Waals surface area contributed by atoms with Crippen LogP contribution in [0.25, 0.3) is 0 Å². The van der Waals surface area contributed by atoms with E-state index in [0.717, 1.165) is 26.0 Å². The Kier molecular flexibility index (Phi) is 3.12. The topological polar surface area (TPSA) is 60.1 Å². The van der Waals surface area contributed by atoms with Crippen LogP contribution in [-0.2, 0) is 21.6 Å². The minimum Gasteiger partial charge on any atom is -0.376 e. The van der Waals surface area contributed by atoms with Crippen molar-refractivity contribution in [2.75, 3.05) is 26.3 Å². The highest BCUT2D eigenvalue weighted by Gasteiger charge is 2.47. The van der Waals surface area contributed by atoms with Crippen molar-refractivity contribution in [1.82, 2.24) is 4.90 Å². The third-order valence-corrected chi connectivity index (χ3v) is 4.82. The third kappa shape index (κ3) is 2.03. The second kappa shape index (κ2) is 5.00. The number of aliphatic imine (C=N–C) groups is 1. The average molecular weight is 287 g/mol. The van der Waals surface area contributed by atoms with Crippen molar-refractivity contribution in [3.05, 3.63) is 35.4 Å². The molecule has 1 saturated heterocycles. The smallest absolute Gasteiger partial charge is 0.192 e. The van der Waals surface area contributed by atoms with Crippen molar-refractivity contribution in [2.24, 2.45) is 10.7 Å². The van der Waals surface area contributed by atoms with Crippen LogP contribution in [-0.4, -0.2) is 43.3 Å². The van der Waals surface area contributed by atoms with Gasteiger partial charge in [0.05, 0.1) is 25.9 Å². The summed E-state index contributed by atoms with van der Waals surface area (Å²) in [5.74, 6) is 0.616. The van der Waals surface area contributed by atoms with Crippen LogP contribution < -0.4 is 5.73 Å². The molecule has 2 atom stereocenters. The lowest BCUT2D eigenvalue weighted by atomic mass is 9.84. The normalized spacial score (nSPS) is 31.5. The van der Waals surface area contributed by atoms with E-state index >= 15 is 0 Å². The largest absolute Gasteiger partial charge is 0.376 e. The second-order valence-electron chi connectivity index (χ2n) is 6.10. The number of rotatable bonds is 2. The molecular weight excluding hydrogens is 266 g/mol.